The van der Waals surface area contributed by atoms with Crippen LogP contribution in [0.5, 0.6) is 0 Å². The van der Waals surface area contributed by atoms with Crippen LogP contribution < -0.4 is 10.6 Å². The van der Waals surface area contributed by atoms with Crippen LogP contribution in [-0.4, -0.2) is 29.4 Å². The maximum atomic E-state index is 12.1. The molecule has 0 saturated carbocycles. The summed E-state index contributed by atoms with van der Waals surface area (Å²) in [5.74, 6) is -1.92. The number of carbonyl (C=O) groups is 3. The minimum Gasteiger partial charge on any atom is -0.481 e. The van der Waals surface area contributed by atoms with Crippen molar-refractivity contribution < 1.29 is 19.5 Å². The van der Waals surface area contributed by atoms with Gasteiger partial charge in [0, 0.05) is 17.8 Å². The topological polar surface area (TPSA) is 95.5 Å². The van der Waals surface area contributed by atoms with Gasteiger partial charge in [-0.05, 0) is 30.7 Å². The molecule has 0 unspecified atom stereocenters. The van der Waals surface area contributed by atoms with Crippen LogP contribution in [0.2, 0.25) is 0 Å². The van der Waals surface area contributed by atoms with E-state index in [2.05, 4.69) is 17.6 Å². The summed E-state index contributed by atoms with van der Waals surface area (Å²) in [6.07, 6.45) is 9.20. The molecule has 0 spiro atoms. The first-order valence-corrected chi connectivity index (χ1v) is 9.43. The minimum atomic E-state index is -1.18. The molecule has 1 aromatic rings. The quantitative estimate of drug-likeness (QED) is 0.365. The zero-order valence-electron chi connectivity index (χ0n) is 15.6. The van der Waals surface area contributed by atoms with Gasteiger partial charge in [-0.3, -0.25) is 14.4 Å². The van der Waals surface area contributed by atoms with Gasteiger partial charge >= 0.3 is 5.97 Å². The molecule has 0 aliphatic heterocycles. The summed E-state index contributed by atoms with van der Waals surface area (Å²) in [5, 5.41) is 13.9. The number of amides is 2. The lowest BCUT2D eigenvalue weighted by Crippen LogP contribution is -2.24. The van der Waals surface area contributed by atoms with Gasteiger partial charge in [0.05, 0.1) is 0 Å². The molecule has 0 saturated heterocycles. The van der Waals surface area contributed by atoms with Crippen LogP contribution in [0.1, 0.15) is 75.1 Å². The Balaban J connectivity index is 2.20. The molecule has 0 radical (unpaired) electrons. The van der Waals surface area contributed by atoms with E-state index in [1.165, 1.54) is 38.5 Å². The van der Waals surface area contributed by atoms with Crippen molar-refractivity contribution in [2.24, 2.45) is 0 Å². The number of hydrogen-bond donors (Lipinski definition) is 3. The summed E-state index contributed by atoms with van der Waals surface area (Å²) >= 11 is 0. The van der Waals surface area contributed by atoms with Crippen LogP contribution in [-0.2, 0) is 9.59 Å². The Labute approximate surface area is 155 Å². The van der Waals surface area contributed by atoms with E-state index in [4.69, 9.17) is 5.11 Å². The molecule has 3 N–H and O–H groups in total. The van der Waals surface area contributed by atoms with Crippen molar-refractivity contribution in [1.29, 1.82) is 0 Å². The maximum absolute atomic E-state index is 12.1. The van der Waals surface area contributed by atoms with E-state index >= 15 is 0 Å². The highest BCUT2D eigenvalue weighted by Gasteiger charge is 2.09. The average Bonchev–Trinajstić information content (AvgIpc) is 2.60. The summed E-state index contributed by atoms with van der Waals surface area (Å²) < 4.78 is 0. The number of anilines is 1. The Morgan fingerprint density at radius 3 is 2.04 bits per heavy atom. The lowest BCUT2D eigenvalue weighted by molar-refractivity contribution is -0.139. The highest BCUT2D eigenvalue weighted by Crippen LogP contribution is 2.11. The fraction of sp³-hybridized carbons (Fsp3) is 0.550. The van der Waals surface area contributed by atoms with Gasteiger partial charge in [0.25, 0.3) is 5.91 Å². The van der Waals surface area contributed by atoms with E-state index in [1.54, 1.807) is 24.3 Å². The molecule has 26 heavy (non-hydrogen) atoms. The van der Waals surface area contributed by atoms with Gasteiger partial charge in [-0.1, -0.05) is 51.9 Å². The van der Waals surface area contributed by atoms with Gasteiger partial charge in [-0.15, -0.1) is 0 Å². The molecule has 0 fully saturated rings. The standard InChI is InChI=1S/C20H30N2O4/c1-2-3-4-5-6-7-8-9-14-21-20(26)16-10-12-17(13-11-16)22-18(23)15-19(24)25/h10-13H,2-9,14-15H2,1H3,(H,21,26)(H,22,23)(H,24,25). The average molecular weight is 362 g/mol. The fourth-order valence-corrected chi connectivity index (χ4v) is 2.61. The number of unbranched alkanes of at least 4 members (excludes halogenated alkanes) is 7. The highest BCUT2D eigenvalue weighted by atomic mass is 16.4. The second-order valence-corrected chi connectivity index (χ2v) is 6.43. The number of nitrogens with one attached hydrogen (secondary N) is 2. The Morgan fingerprint density at radius 1 is 0.885 bits per heavy atom. The molecule has 1 rings (SSSR count). The summed E-state index contributed by atoms with van der Waals surface area (Å²) in [5.41, 5.74) is 0.983. The van der Waals surface area contributed by atoms with Crippen molar-refractivity contribution in [3.8, 4) is 0 Å². The summed E-state index contributed by atoms with van der Waals surface area (Å²) in [7, 11) is 0. The predicted molar refractivity (Wildman–Crippen MR) is 102 cm³/mol. The van der Waals surface area contributed by atoms with Crippen LogP contribution in [0.25, 0.3) is 0 Å². The van der Waals surface area contributed by atoms with Crippen LogP contribution in [0.3, 0.4) is 0 Å². The number of benzene rings is 1. The maximum Gasteiger partial charge on any atom is 0.312 e. The van der Waals surface area contributed by atoms with Gasteiger partial charge in [0.2, 0.25) is 5.91 Å². The van der Waals surface area contributed by atoms with Crippen molar-refractivity contribution in [3.05, 3.63) is 29.8 Å². The smallest absolute Gasteiger partial charge is 0.312 e. The second-order valence-electron chi connectivity index (χ2n) is 6.43. The van der Waals surface area contributed by atoms with Crippen molar-refractivity contribution in [2.75, 3.05) is 11.9 Å². The van der Waals surface area contributed by atoms with Crippen LogP contribution in [0.4, 0.5) is 5.69 Å². The number of carboxylic acids is 1. The van der Waals surface area contributed by atoms with Crippen molar-refractivity contribution >= 4 is 23.5 Å². The molecule has 0 atom stereocenters. The molecule has 144 valence electrons. The van der Waals surface area contributed by atoms with E-state index in [-0.39, 0.29) is 5.91 Å². The number of aliphatic carboxylic acids is 1. The molecular weight excluding hydrogens is 332 g/mol. The van der Waals surface area contributed by atoms with Crippen LogP contribution in [0, 0.1) is 0 Å². The van der Waals surface area contributed by atoms with Gasteiger partial charge in [0.15, 0.2) is 0 Å². The van der Waals surface area contributed by atoms with Crippen LogP contribution >= 0.6 is 0 Å². The lowest BCUT2D eigenvalue weighted by atomic mass is 10.1. The number of carbonyl (C=O) groups excluding carboxylic acids is 2. The van der Waals surface area contributed by atoms with E-state index < -0.39 is 18.3 Å². The Hall–Kier alpha value is -2.37. The molecule has 2 amide bonds. The fourth-order valence-electron chi connectivity index (χ4n) is 2.61. The van der Waals surface area contributed by atoms with Gasteiger partial charge in [0.1, 0.15) is 6.42 Å². The Bertz CT molecular complexity index is 570. The third-order valence-electron chi connectivity index (χ3n) is 4.06. The highest BCUT2D eigenvalue weighted by molar-refractivity contribution is 6.01. The molecule has 6 heteroatoms. The Kier molecular flexibility index (Phi) is 10.8. The zero-order chi connectivity index (χ0) is 19.2. The van der Waals surface area contributed by atoms with Gasteiger partial charge in [-0.25, -0.2) is 0 Å². The van der Waals surface area contributed by atoms with Gasteiger partial charge in [-0.2, -0.15) is 0 Å². The molecule has 1 aromatic carbocycles. The van der Waals surface area contributed by atoms with Crippen molar-refractivity contribution in [2.45, 2.75) is 64.7 Å². The third kappa shape index (κ3) is 9.81. The van der Waals surface area contributed by atoms with E-state index in [1.807, 2.05) is 0 Å². The van der Waals surface area contributed by atoms with Crippen molar-refractivity contribution in [3.63, 3.8) is 0 Å². The largest absolute Gasteiger partial charge is 0.481 e. The third-order valence-corrected chi connectivity index (χ3v) is 4.06. The lowest BCUT2D eigenvalue weighted by Gasteiger charge is -2.07. The normalized spacial score (nSPS) is 10.3. The van der Waals surface area contributed by atoms with E-state index in [0.717, 1.165) is 12.8 Å². The van der Waals surface area contributed by atoms with E-state index in [0.29, 0.717) is 17.8 Å². The zero-order valence-corrected chi connectivity index (χ0v) is 15.6. The van der Waals surface area contributed by atoms with E-state index in [9.17, 15) is 14.4 Å². The summed E-state index contributed by atoms with van der Waals surface area (Å²) in [6.45, 7) is 2.87. The van der Waals surface area contributed by atoms with Gasteiger partial charge < -0.3 is 15.7 Å². The first kappa shape index (κ1) is 21.7. The predicted octanol–water partition coefficient (Wildman–Crippen LogP) is 3.97. The molecule has 0 aromatic heterocycles. The summed E-state index contributed by atoms with van der Waals surface area (Å²) in [4.78, 5) is 33.9. The molecule has 0 aliphatic carbocycles. The monoisotopic (exact) mass is 362 g/mol. The molecule has 0 aliphatic rings. The number of hydrogen-bond acceptors (Lipinski definition) is 3. The second kappa shape index (κ2) is 12.9. The molecule has 6 nitrogen and oxygen atoms in total. The first-order chi connectivity index (χ1) is 12.5. The molecule has 0 bridgehead atoms. The first-order valence-electron chi connectivity index (χ1n) is 9.43. The van der Waals surface area contributed by atoms with Crippen LogP contribution in [0.15, 0.2) is 24.3 Å². The SMILES string of the molecule is CCCCCCCCCCNC(=O)c1ccc(NC(=O)CC(=O)O)cc1. The number of carboxylic acid groups (broad SMARTS) is 1. The van der Waals surface area contributed by atoms with Crippen molar-refractivity contribution in [1.82, 2.24) is 5.32 Å². The summed E-state index contributed by atoms with van der Waals surface area (Å²) in [6, 6.07) is 6.40. The molecular formula is C20H30N2O4. The minimum absolute atomic E-state index is 0.142. The number of rotatable bonds is 13. The Morgan fingerprint density at radius 2 is 1.46 bits per heavy atom. The molecule has 0 heterocycles.